The van der Waals surface area contributed by atoms with Crippen molar-refractivity contribution in [2.75, 3.05) is 5.32 Å². The maximum Gasteiger partial charge on any atom is 0.433 e. The Morgan fingerprint density at radius 3 is 2.55 bits per heavy atom. The number of aryl methyl sites for hydroxylation is 2. The lowest BCUT2D eigenvalue weighted by Crippen LogP contribution is -2.20. The number of rotatable bonds is 6. The number of nitrogens with one attached hydrogen (secondary N) is 1. The molecular formula is C14H13ClF3N9O2. The quantitative estimate of drug-likeness (QED) is 0.620. The highest BCUT2D eigenvalue weighted by molar-refractivity contribution is 6.28. The summed E-state index contributed by atoms with van der Waals surface area (Å²) >= 11 is 5.77. The van der Waals surface area contributed by atoms with Crippen molar-refractivity contribution in [3.8, 4) is 0 Å². The van der Waals surface area contributed by atoms with Crippen molar-refractivity contribution in [2.45, 2.75) is 19.4 Å². The maximum atomic E-state index is 13.0. The molecule has 0 aromatic carbocycles. The van der Waals surface area contributed by atoms with Crippen LogP contribution in [0, 0.1) is 0 Å². The molecule has 29 heavy (non-hydrogen) atoms. The Kier molecular flexibility index (Phi) is 5.74. The molecule has 11 nitrogen and oxygen atoms in total. The minimum Gasteiger partial charge on any atom is -0.367 e. The second-order valence-electron chi connectivity index (χ2n) is 5.68. The molecule has 0 fully saturated rings. The number of hydrogen-bond acceptors (Lipinski definition) is 8. The molecular weight excluding hydrogens is 419 g/mol. The number of anilines is 1. The third-order valence-electron chi connectivity index (χ3n) is 3.58. The van der Waals surface area contributed by atoms with Gasteiger partial charge in [-0.15, -0.1) is 0 Å². The Bertz CT molecular complexity index is 1010. The summed E-state index contributed by atoms with van der Waals surface area (Å²) in [6.07, 6.45) is -4.69. The normalized spacial score (nSPS) is 11.7. The molecule has 0 aliphatic rings. The van der Waals surface area contributed by atoms with Gasteiger partial charge in [-0.3, -0.25) is 10.1 Å². The third-order valence-corrected chi connectivity index (χ3v) is 3.91. The van der Waals surface area contributed by atoms with Crippen LogP contribution in [-0.2, 0) is 38.2 Å². The summed E-state index contributed by atoms with van der Waals surface area (Å²) in [6.45, 7) is -0.549. The SMILES string of the molecule is Cn1nc(COCc2nc(C(F)(F)F)ccc2C(=O)Nc2nnnn2C)nc1Cl. The van der Waals surface area contributed by atoms with Crippen LogP contribution >= 0.6 is 11.6 Å². The molecule has 3 rings (SSSR count). The Balaban J connectivity index is 1.81. The average molecular weight is 432 g/mol. The van der Waals surface area contributed by atoms with E-state index in [9.17, 15) is 18.0 Å². The van der Waals surface area contributed by atoms with Crippen molar-refractivity contribution in [2.24, 2.45) is 14.1 Å². The molecule has 0 atom stereocenters. The van der Waals surface area contributed by atoms with E-state index in [1.807, 2.05) is 0 Å². The highest BCUT2D eigenvalue weighted by atomic mass is 35.5. The van der Waals surface area contributed by atoms with Gasteiger partial charge in [0.25, 0.3) is 5.91 Å². The fourth-order valence-corrected chi connectivity index (χ4v) is 2.33. The van der Waals surface area contributed by atoms with Crippen LogP contribution in [0.2, 0.25) is 5.28 Å². The number of tetrazole rings is 1. The monoisotopic (exact) mass is 431 g/mol. The van der Waals surface area contributed by atoms with Gasteiger partial charge in [-0.1, -0.05) is 5.10 Å². The standard InChI is InChI=1S/C14H13ClF3N9O2/c1-26-12(15)20-10(23-26)6-29-5-8-7(3-4-9(19-8)14(16,17)18)11(28)21-13-22-24-25-27(13)2/h3-4H,5-6H2,1-2H3,(H,21,22,25,28). The predicted octanol–water partition coefficient (Wildman–Crippen LogP) is 1.37. The van der Waals surface area contributed by atoms with Gasteiger partial charge in [0, 0.05) is 14.1 Å². The van der Waals surface area contributed by atoms with E-state index < -0.39 is 24.4 Å². The van der Waals surface area contributed by atoms with Gasteiger partial charge in [0.1, 0.15) is 12.3 Å². The zero-order chi connectivity index (χ0) is 21.2. The number of nitrogens with zero attached hydrogens (tertiary/aromatic N) is 8. The Morgan fingerprint density at radius 1 is 1.21 bits per heavy atom. The summed E-state index contributed by atoms with van der Waals surface area (Å²) in [4.78, 5) is 19.9. The Labute approximate surface area is 165 Å². The molecule has 3 aromatic heterocycles. The van der Waals surface area contributed by atoms with Crippen molar-refractivity contribution in [1.29, 1.82) is 0 Å². The minimum atomic E-state index is -4.69. The van der Waals surface area contributed by atoms with Crippen LogP contribution in [-0.4, -0.2) is 45.9 Å². The zero-order valence-electron chi connectivity index (χ0n) is 15.0. The molecule has 0 saturated heterocycles. The lowest BCUT2D eigenvalue weighted by atomic mass is 10.1. The molecule has 3 heterocycles. The van der Waals surface area contributed by atoms with Crippen molar-refractivity contribution in [1.82, 2.24) is 40.0 Å². The zero-order valence-corrected chi connectivity index (χ0v) is 15.7. The van der Waals surface area contributed by atoms with Gasteiger partial charge in [0.05, 0.1) is 17.9 Å². The lowest BCUT2D eigenvalue weighted by molar-refractivity contribution is -0.141. The number of hydrogen-bond donors (Lipinski definition) is 1. The van der Waals surface area contributed by atoms with Crippen LogP contribution in [0.1, 0.15) is 27.6 Å². The second kappa shape index (κ2) is 8.08. The van der Waals surface area contributed by atoms with E-state index in [0.717, 1.165) is 6.07 Å². The Morgan fingerprint density at radius 2 is 1.97 bits per heavy atom. The summed E-state index contributed by atoms with van der Waals surface area (Å²) in [6, 6.07) is 1.71. The molecule has 1 amide bonds. The molecule has 0 aliphatic heterocycles. The van der Waals surface area contributed by atoms with Crippen molar-refractivity contribution >= 4 is 23.5 Å². The number of carbonyl (C=O) groups is 1. The highest BCUT2D eigenvalue weighted by Gasteiger charge is 2.33. The van der Waals surface area contributed by atoms with Crippen LogP contribution < -0.4 is 5.32 Å². The van der Waals surface area contributed by atoms with Crippen molar-refractivity contribution in [3.05, 3.63) is 40.2 Å². The summed E-state index contributed by atoms with van der Waals surface area (Å²) in [5.41, 5.74) is -1.52. The van der Waals surface area contributed by atoms with E-state index in [0.29, 0.717) is 6.07 Å². The van der Waals surface area contributed by atoms with Crippen LogP contribution in [0.15, 0.2) is 12.1 Å². The van der Waals surface area contributed by atoms with Crippen molar-refractivity contribution < 1.29 is 22.7 Å². The molecule has 0 aliphatic carbocycles. The molecule has 0 spiro atoms. The average Bonchev–Trinajstić information content (AvgIpc) is 3.19. The van der Waals surface area contributed by atoms with Gasteiger partial charge in [0.15, 0.2) is 5.82 Å². The first-order valence-corrected chi connectivity index (χ1v) is 8.27. The van der Waals surface area contributed by atoms with Gasteiger partial charge in [0.2, 0.25) is 11.2 Å². The maximum absolute atomic E-state index is 13.0. The number of carbonyl (C=O) groups excluding carboxylic acids is 1. The number of aromatic nitrogens is 8. The first kappa shape index (κ1) is 20.6. The fraction of sp³-hybridized carbons (Fsp3) is 0.357. The van der Waals surface area contributed by atoms with E-state index >= 15 is 0 Å². The van der Waals surface area contributed by atoms with Crippen molar-refractivity contribution in [3.63, 3.8) is 0 Å². The number of pyridine rings is 1. The van der Waals surface area contributed by atoms with Crippen LogP contribution in [0.4, 0.5) is 19.1 Å². The molecule has 0 saturated carbocycles. The summed E-state index contributed by atoms with van der Waals surface area (Å²) in [5, 5.41) is 17.0. The van der Waals surface area contributed by atoms with Crippen LogP contribution in [0.3, 0.4) is 0 Å². The molecule has 0 bridgehead atoms. The smallest absolute Gasteiger partial charge is 0.367 e. The van der Waals surface area contributed by atoms with Gasteiger partial charge in [-0.2, -0.15) is 23.3 Å². The van der Waals surface area contributed by atoms with Gasteiger partial charge in [-0.25, -0.2) is 14.3 Å². The van der Waals surface area contributed by atoms with Gasteiger partial charge >= 0.3 is 6.18 Å². The van der Waals surface area contributed by atoms with Crippen LogP contribution in [0.5, 0.6) is 0 Å². The molecule has 3 aromatic rings. The molecule has 15 heteroatoms. The molecule has 1 N–H and O–H groups in total. The van der Waals surface area contributed by atoms with Gasteiger partial charge in [-0.05, 0) is 34.2 Å². The first-order chi connectivity index (χ1) is 13.6. The number of alkyl halides is 3. The first-order valence-electron chi connectivity index (χ1n) is 7.89. The molecule has 154 valence electrons. The lowest BCUT2D eigenvalue weighted by Gasteiger charge is -2.12. The van der Waals surface area contributed by atoms with E-state index in [4.69, 9.17) is 16.3 Å². The number of ether oxygens (including phenoxy) is 1. The third kappa shape index (κ3) is 4.83. The predicted molar refractivity (Wildman–Crippen MR) is 90.5 cm³/mol. The summed E-state index contributed by atoms with van der Waals surface area (Å²) < 4.78 is 46.9. The van der Waals surface area contributed by atoms with E-state index in [-0.39, 0.29) is 34.9 Å². The highest BCUT2D eigenvalue weighted by Crippen LogP contribution is 2.28. The number of amides is 1. The van der Waals surface area contributed by atoms with E-state index in [1.165, 1.54) is 16.4 Å². The van der Waals surface area contributed by atoms with E-state index in [2.05, 4.69) is 35.9 Å². The minimum absolute atomic E-state index is 0.00842. The number of halogens is 4. The Hall–Kier alpha value is -3.13. The molecule has 0 radical (unpaired) electrons. The fourth-order valence-electron chi connectivity index (χ4n) is 2.20. The topological polar surface area (TPSA) is 126 Å². The van der Waals surface area contributed by atoms with Crippen LogP contribution in [0.25, 0.3) is 0 Å². The van der Waals surface area contributed by atoms with Gasteiger partial charge < -0.3 is 4.74 Å². The molecule has 0 unspecified atom stereocenters. The summed E-state index contributed by atoms with van der Waals surface area (Å²) in [5.74, 6) is -0.517. The van der Waals surface area contributed by atoms with E-state index in [1.54, 1.807) is 7.05 Å². The summed E-state index contributed by atoms with van der Waals surface area (Å²) in [7, 11) is 3.05. The largest absolute Gasteiger partial charge is 0.433 e. The second-order valence-corrected chi connectivity index (χ2v) is 6.02.